The number of benzene rings is 1. The third kappa shape index (κ3) is 3.52. The molecule has 7 heteroatoms. The van der Waals surface area contributed by atoms with Crippen LogP contribution in [0.15, 0.2) is 22.7 Å². The molecule has 1 heterocycles. The van der Waals surface area contributed by atoms with Gasteiger partial charge in [-0.05, 0) is 32.2 Å². The molecule has 0 aromatic heterocycles. The van der Waals surface area contributed by atoms with Crippen LogP contribution in [-0.4, -0.2) is 44.3 Å². The number of hydrogen-bond acceptors (Lipinski definition) is 5. The van der Waals surface area contributed by atoms with Crippen LogP contribution in [0.4, 0.5) is 0 Å². The minimum absolute atomic E-state index is 0.0534. The van der Waals surface area contributed by atoms with E-state index in [-0.39, 0.29) is 17.5 Å². The third-order valence-electron chi connectivity index (χ3n) is 3.42. The molecule has 3 atom stereocenters. The van der Waals surface area contributed by atoms with Gasteiger partial charge < -0.3 is 15.2 Å². The number of aliphatic hydroxyl groups excluding tert-OH is 1. The smallest absolute Gasteiger partial charge is 0.156 e. The number of aliphatic hydroxyl groups is 1. The molecule has 2 rings (SSSR count). The minimum atomic E-state index is -3.21. The molecule has 0 aliphatic carbocycles. The van der Waals surface area contributed by atoms with Gasteiger partial charge in [-0.3, -0.25) is 0 Å². The maximum absolute atomic E-state index is 11.5. The summed E-state index contributed by atoms with van der Waals surface area (Å²) in [4.78, 5) is 0. The normalized spacial score (nSPS) is 26.4. The summed E-state index contributed by atoms with van der Waals surface area (Å²) in [7, 11) is -1.37. The van der Waals surface area contributed by atoms with Gasteiger partial charge in [0.25, 0.3) is 0 Å². The van der Waals surface area contributed by atoms with E-state index in [2.05, 4.69) is 21.2 Å². The first kappa shape index (κ1) is 15.8. The van der Waals surface area contributed by atoms with E-state index in [1.54, 1.807) is 6.07 Å². The maximum Gasteiger partial charge on any atom is 0.156 e. The van der Waals surface area contributed by atoms with Crippen molar-refractivity contribution >= 4 is 25.8 Å². The molecule has 112 valence electrons. The standard InChI is InChI=1S/C13H18BrNO4S/c1-8(15-2)10-5-9(14)3-4-12(10)19-13-7-20(17,18)6-11(13)16/h3-5,8,11,13,15-16H,6-7H2,1-2H3. The van der Waals surface area contributed by atoms with E-state index in [4.69, 9.17) is 4.74 Å². The molecule has 2 N–H and O–H groups in total. The number of hydrogen-bond donors (Lipinski definition) is 2. The Labute approximate surface area is 127 Å². The second-order valence-corrected chi connectivity index (χ2v) is 8.06. The van der Waals surface area contributed by atoms with Gasteiger partial charge >= 0.3 is 0 Å². The molecule has 20 heavy (non-hydrogen) atoms. The lowest BCUT2D eigenvalue weighted by Crippen LogP contribution is -2.30. The zero-order valence-electron chi connectivity index (χ0n) is 11.3. The average Bonchev–Trinajstić information content (AvgIpc) is 2.63. The van der Waals surface area contributed by atoms with Gasteiger partial charge in [0, 0.05) is 16.1 Å². The van der Waals surface area contributed by atoms with Gasteiger partial charge in [-0.25, -0.2) is 8.42 Å². The summed E-state index contributed by atoms with van der Waals surface area (Å²) >= 11 is 3.41. The zero-order valence-corrected chi connectivity index (χ0v) is 13.7. The van der Waals surface area contributed by atoms with E-state index < -0.39 is 22.0 Å². The molecule has 0 radical (unpaired) electrons. The molecular formula is C13H18BrNO4S. The van der Waals surface area contributed by atoms with Crippen LogP contribution in [0.1, 0.15) is 18.5 Å². The van der Waals surface area contributed by atoms with Gasteiger partial charge in [-0.2, -0.15) is 0 Å². The summed E-state index contributed by atoms with van der Waals surface area (Å²) < 4.78 is 29.7. The Balaban J connectivity index is 2.25. The molecule has 1 aromatic rings. The van der Waals surface area contributed by atoms with Crippen LogP contribution in [0.2, 0.25) is 0 Å². The number of ether oxygens (including phenoxy) is 1. The number of halogens is 1. The molecule has 5 nitrogen and oxygen atoms in total. The Hall–Kier alpha value is -0.630. The van der Waals surface area contributed by atoms with E-state index in [0.29, 0.717) is 5.75 Å². The van der Waals surface area contributed by atoms with E-state index in [9.17, 15) is 13.5 Å². The Morgan fingerprint density at radius 2 is 2.15 bits per heavy atom. The van der Waals surface area contributed by atoms with Crippen LogP contribution in [0.25, 0.3) is 0 Å². The highest BCUT2D eigenvalue weighted by atomic mass is 79.9. The van der Waals surface area contributed by atoms with Crippen LogP contribution in [0.5, 0.6) is 5.75 Å². The first-order chi connectivity index (χ1) is 9.32. The SMILES string of the molecule is CNC(C)c1cc(Br)ccc1OC1CS(=O)(=O)CC1O. The van der Waals surface area contributed by atoms with Crippen LogP contribution in [0, 0.1) is 0 Å². The summed E-state index contributed by atoms with van der Waals surface area (Å²) in [5, 5.41) is 12.9. The molecule has 0 bridgehead atoms. The molecule has 3 unspecified atom stereocenters. The lowest BCUT2D eigenvalue weighted by Gasteiger charge is -2.21. The predicted octanol–water partition coefficient (Wildman–Crippen LogP) is 1.27. The van der Waals surface area contributed by atoms with E-state index >= 15 is 0 Å². The summed E-state index contributed by atoms with van der Waals surface area (Å²) in [5.41, 5.74) is 0.915. The van der Waals surface area contributed by atoms with Crippen molar-refractivity contribution in [1.29, 1.82) is 0 Å². The van der Waals surface area contributed by atoms with Crippen molar-refractivity contribution in [2.45, 2.75) is 25.2 Å². The van der Waals surface area contributed by atoms with Gasteiger partial charge in [-0.15, -0.1) is 0 Å². The highest BCUT2D eigenvalue weighted by Gasteiger charge is 2.38. The van der Waals surface area contributed by atoms with Gasteiger partial charge in [0.2, 0.25) is 0 Å². The lowest BCUT2D eigenvalue weighted by molar-refractivity contribution is 0.0728. The number of sulfone groups is 1. The van der Waals surface area contributed by atoms with Crippen molar-refractivity contribution in [3.63, 3.8) is 0 Å². The van der Waals surface area contributed by atoms with Crippen molar-refractivity contribution in [2.24, 2.45) is 0 Å². The fourth-order valence-electron chi connectivity index (χ4n) is 2.19. The first-order valence-electron chi connectivity index (χ1n) is 6.34. The summed E-state index contributed by atoms with van der Waals surface area (Å²) in [6.45, 7) is 1.98. The van der Waals surface area contributed by atoms with Crippen LogP contribution >= 0.6 is 15.9 Å². The van der Waals surface area contributed by atoms with Gasteiger partial charge in [0.05, 0.1) is 11.5 Å². The van der Waals surface area contributed by atoms with Gasteiger partial charge in [0.15, 0.2) is 9.84 Å². The van der Waals surface area contributed by atoms with E-state index in [0.717, 1.165) is 10.0 Å². The highest BCUT2D eigenvalue weighted by Crippen LogP contribution is 2.30. The Kier molecular flexibility index (Phi) is 4.73. The number of rotatable bonds is 4. The molecule has 1 aromatic carbocycles. The largest absolute Gasteiger partial charge is 0.486 e. The molecular weight excluding hydrogens is 346 g/mol. The van der Waals surface area contributed by atoms with Crippen molar-refractivity contribution in [1.82, 2.24) is 5.32 Å². The Morgan fingerprint density at radius 1 is 1.45 bits per heavy atom. The first-order valence-corrected chi connectivity index (χ1v) is 8.95. The molecule has 1 aliphatic rings. The predicted molar refractivity (Wildman–Crippen MR) is 80.7 cm³/mol. The van der Waals surface area contributed by atoms with Crippen LogP contribution < -0.4 is 10.1 Å². The summed E-state index contributed by atoms with van der Waals surface area (Å²) in [5.74, 6) is 0.221. The van der Waals surface area contributed by atoms with E-state index in [1.165, 1.54) is 0 Å². The van der Waals surface area contributed by atoms with Crippen molar-refractivity contribution in [2.75, 3.05) is 18.6 Å². The monoisotopic (exact) mass is 363 g/mol. The van der Waals surface area contributed by atoms with Crippen LogP contribution in [0.3, 0.4) is 0 Å². The molecule has 0 spiro atoms. The topological polar surface area (TPSA) is 75.6 Å². The second kappa shape index (κ2) is 6.01. The summed E-state index contributed by atoms with van der Waals surface area (Å²) in [6, 6.07) is 5.59. The fourth-order valence-corrected chi connectivity index (χ4v) is 4.23. The maximum atomic E-state index is 11.5. The zero-order chi connectivity index (χ0) is 14.9. The van der Waals surface area contributed by atoms with Crippen molar-refractivity contribution in [3.8, 4) is 5.75 Å². The third-order valence-corrected chi connectivity index (χ3v) is 5.60. The van der Waals surface area contributed by atoms with Gasteiger partial charge in [-0.1, -0.05) is 15.9 Å². The minimum Gasteiger partial charge on any atom is -0.486 e. The fraction of sp³-hybridized carbons (Fsp3) is 0.538. The second-order valence-electron chi connectivity index (χ2n) is 4.99. The molecule has 1 saturated heterocycles. The number of nitrogens with one attached hydrogen (secondary N) is 1. The Bertz CT molecular complexity index is 590. The van der Waals surface area contributed by atoms with Crippen LogP contribution in [-0.2, 0) is 9.84 Å². The molecule has 0 amide bonds. The highest BCUT2D eigenvalue weighted by molar-refractivity contribution is 9.10. The molecule has 1 aliphatic heterocycles. The summed E-state index contributed by atoms with van der Waals surface area (Å²) in [6.07, 6.45) is -1.68. The molecule has 1 fully saturated rings. The molecule has 0 saturated carbocycles. The Morgan fingerprint density at radius 3 is 2.70 bits per heavy atom. The van der Waals surface area contributed by atoms with Gasteiger partial charge in [0.1, 0.15) is 18.0 Å². The van der Waals surface area contributed by atoms with Crippen molar-refractivity contribution in [3.05, 3.63) is 28.2 Å². The van der Waals surface area contributed by atoms with Crippen molar-refractivity contribution < 1.29 is 18.3 Å². The quantitative estimate of drug-likeness (QED) is 0.842. The van der Waals surface area contributed by atoms with E-state index in [1.807, 2.05) is 26.1 Å². The lowest BCUT2D eigenvalue weighted by atomic mass is 10.1. The average molecular weight is 364 g/mol.